The molecule has 0 radical (unpaired) electrons. The maximum Gasteiger partial charge on any atom is 0.196 e. The van der Waals surface area contributed by atoms with E-state index in [0.717, 1.165) is 5.36 Å². The van der Waals surface area contributed by atoms with Gasteiger partial charge in [-0.15, -0.1) is 0 Å². The van der Waals surface area contributed by atoms with E-state index >= 15 is 0 Å². The molecule has 1 aromatic carbocycles. The van der Waals surface area contributed by atoms with Gasteiger partial charge in [-0.05, 0) is 0 Å². The largest absolute Gasteiger partial charge is 0.254 e. The van der Waals surface area contributed by atoms with Crippen LogP contribution in [0.2, 0.25) is 0 Å². The number of nitrogens with two attached hydrogens (primary N) is 1. The highest BCUT2D eigenvalue weighted by Crippen LogP contribution is 1.72. The highest BCUT2D eigenvalue weighted by atomic mass is 14.3. The van der Waals surface area contributed by atoms with Crippen LogP contribution < -0.4 is 10.8 Å². The van der Waals surface area contributed by atoms with Crippen LogP contribution in [0.3, 0.4) is 0 Å². The molecule has 2 N–H and O–H groups in total. The monoisotopic (exact) mass is 106 g/mol. The van der Waals surface area contributed by atoms with Crippen LogP contribution in [0.4, 0.5) is 0 Å². The Morgan fingerprint density at radius 2 is 1.38 bits per heavy atom. The van der Waals surface area contributed by atoms with E-state index in [1.807, 2.05) is 36.4 Å². The van der Waals surface area contributed by atoms with Crippen molar-refractivity contribution in [3.63, 3.8) is 0 Å². The molecule has 0 fully saturated rings. The summed E-state index contributed by atoms with van der Waals surface area (Å²) in [5.41, 5.74) is 0. The van der Waals surface area contributed by atoms with Crippen molar-refractivity contribution in [2.24, 2.45) is 0 Å². The molecule has 0 unspecified atom stereocenters. The molecule has 0 aromatic heterocycles. The van der Waals surface area contributed by atoms with Gasteiger partial charge in [-0.25, -0.2) is 0 Å². The first-order valence-electron chi connectivity index (χ1n) is 2.53. The second-order valence-electron chi connectivity index (χ2n) is 1.60. The fraction of sp³-hybridized carbons (Fsp3) is 0. The van der Waals surface area contributed by atoms with Gasteiger partial charge in [0.05, 0.1) is 0 Å². The van der Waals surface area contributed by atoms with Gasteiger partial charge in [0.25, 0.3) is 0 Å². The second-order valence-corrected chi connectivity index (χ2v) is 1.60. The third-order valence-electron chi connectivity index (χ3n) is 0.911. The summed E-state index contributed by atoms with van der Waals surface area (Å²) in [6.45, 7) is 0. The van der Waals surface area contributed by atoms with Crippen molar-refractivity contribution in [3.8, 4) is 0 Å². The third-order valence-corrected chi connectivity index (χ3v) is 0.911. The van der Waals surface area contributed by atoms with Crippen molar-refractivity contribution in [3.05, 3.63) is 41.8 Å². The first-order valence-corrected chi connectivity index (χ1v) is 2.53. The Hall–Kier alpha value is -1.11. The first-order chi connectivity index (χ1) is 3.89. The highest BCUT2D eigenvalue weighted by Gasteiger charge is 1.71. The molecule has 0 amide bonds. The average Bonchev–Trinajstić information content (AvgIpc) is 1.94. The second kappa shape index (κ2) is 2.26. The van der Waals surface area contributed by atoms with Gasteiger partial charge >= 0.3 is 0 Å². The van der Waals surface area contributed by atoms with Crippen LogP contribution in [0.5, 0.6) is 0 Å². The lowest BCUT2D eigenvalue weighted by molar-refractivity contribution is -0.172. The van der Waals surface area contributed by atoms with Crippen LogP contribution in [0.15, 0.2) is 36.4 Å². The maximum absolute atomic E-state index is 5.44. The Kier molecular flexibility index (Phi) is 1.42. The normalized spacial score (nSPS) is 8.50. The van der Waals surface area contributed by atoms with Gasteiger partial charge in [0.15, 0.2) is 5.36 Å². The van der Waals surface area contributed by atoms with Crippen molar-refractivity contribution < 1.29 is 5.41 Å². The van der Waals surface area contributed by atoms with E-state index in [-0.39, 0.29) is 0 Å². The lowest BCUT2D eigenvalue weighted by Gasteiger charge is -1.54. The van der Waals surface area contributed by atoms with E-state index in [1.165, 1.54) is 0 Å². The first kappa shape index (κ1) is 5.04. The molecule has 0 saturated carbocycles. The van der Waals surface area contributed by atoms with E-state index in [1.54, 1.807) is 0 Å². The zero-order valence-electron chi connectivity index (χ0n) is 4.54. The van der Waals surface area contributed by atoms with Gasteiger partial charge in [0.1, 0.15) is 0 Å². The molecule has 0 saturated heterocycles. The van der Waals surface area contributed by atoms with Crippen molar-refractivity contribution in [2.75, 3.05) is 0 Å². The topological polar surface area (TPSA) is 25.6 Å². The lowest BCUT2D eigenvalue weighted by atomic mass is 10.5. The number of rotatable bonds is 0. The van der Waals surface area contributed by atoms with E-state index in [9.17, 15) is 0 Å². The molecule has 1 heteroatoms. The summed E-state index contributed by atoms with van der Waals surface area (Å²) in [7, 11) is 0. The fourth-order valence-electron chi connectivity index (χ4n) is 0.517. The van der Waals surface area contributed by atoms with Gasteiger partial charge in [0.2, 0.25) is 0 Å². The Labute approximate surface area is 48.1 Å². The van der Waals surface area contributed by atoms with Crippen molar-refractivity contribution in [1.29, 1.82) is 0 Å². The highest BCUT2D eigenvalue weighted by molar-refractivity contribution is 4.97. The zero-order chi connectivity index (χ0) is 5.82. The Morgan fingerprint density at radius 3 is 1.88 bits per heavy atom. The van der Waals surface area contributed by atoms with Gasteiger partial charge in [-0.2, -0.15) is 0 Å². The summed E-state index contributed by atoms with van der Waals surface area (Å²) in [5.74, 6) is 0. The van der Waals surface area contributed by atoms with E-state index in [2.05, 4.69) is 0 Å². The summed E-state index contributed by atoms with van der Waals surface area (Å²) in [4.78, 5) is 0. The predicted octanol–water partition coefficient (Wildman–Crippen LogP) is -0.654. The molecule has 0 aliphatic rings. The van der Waals surface area contributed by atoms with Crippen molar-refractivity contribution in [2.45, 2.75) is 0 Å². The van der Waals surface area contributed by atoms with Gasteiger partial charge in [0, 0.05) is 12.1 Å². The van der Waals surface area contributed by atoms with Crippen LogP contribution in [-0.2, 0) is 0 Å². The molecule has 0 bridgehead atoms. The van der Waals surface area contributed by atoms with Crippen molar-refractivity contribution in [1.82, 2.24) is 0 Å². The Bertz CT molecular complexity index is 195. The quantitative estimate of drug-likeness (QED) is 0.454. The third kappa shape index (κ3) is 1.19. The minimum Gasteiger partial charge on any atom is -0.254 e. The molecular formula is C7H8N+. The van der Waals surface area contributed by atoms with Gasteiger partial charge < -0.3 is 0 Å². The molecule has 0 aliphatic heterocycles. The number of hydrogen-bond acceptors (Lipinski definition) is 0. The minimum atomic E-state index is 0.801. The van der Waals surface area contributed by atoms with Crippen LogP contribution in [-0.4, -0.2) is 0 Å². The standard InChI is InChI=1S/C7H7N/c8-7-5-3-1-2-4-6-7/h1-6,8H/p+1. The summed E-state index contributed by atoms with van der Waals surface area (Å²) in [5, 5.41) is 6.24. The molecule has 8 heavy (non-hydrogen) atoms. The minimum absolute atomic E-state index is 0.801. The smallest absolute Gasteiger partial charge is 0.196 e. The summed E-state index contributed by atoms with van der Waals surface area (Å²) < 4.78 is 0. The molecule has 0 spiro atoms. The molecule has 1 nitrogen and oxygen atoms in total. The fourth-order valence-corrected chi connectivity index (χ4v) is 0.517. The lowest BCUT2D eigenvalue weighted by Crippen LogP contribution is -2.43. The van der Waals surface area contributed by atoms with Gasteiger partial charge in [-0.1, -0.05) is 24.3 Å². The van der Waals surface area contributed by atoms with Crippen LogP contribution in [0, 0.1) is 0 Å². The summed E-state index contributed by atoms with van der Waals surface area (Å²) in [6, 6.07) is 11.4. The van der Waals surface area contributed by atoms with Crippen LogP contribution >= 0.6 is 0 Å². The molecule has 40 valence electrons. The zero-order valence-corrected chi connectivity index (χ0v) is 4.54. The molecule has 0 atom stereocenters. The average molecular weight is 106 g/mol. The molecule has 0 aliphatic carbocycles. The number of hydrogen-bond donors (Lipinski definition) is 1. The molecule has 1 rings (SSSR count). The Balaban J connectivity index is 3.32. The van der Waals surface area contributed by atoms with Gasteiger partial charge in [-0.3, -0.25) is 5.41 Å². The van der Waals surface area contributed by atoms with E-state index in [0.29, 0.717) is 0 Å². The molecule has 0 heterocycles. The summed E-state index contributed by atoms with van der Waals surface area (Å²) in [6.07, 6.45) is 0. The van der Waals surface area contributed by atoms with E-state index in [4.69, 9.17) is 5.41 Å². The maximum atomic E-state index is 5.44. The van der Waals surface area contributed by atoms with E-state index < -0.39 is 0 Å². The summed E-state index contributed by atoms with van der Waals surface area (Å²) >= 11 is 0. The van der Waals surface area contributed by atoms with Crippen molar-refractivity contribution >= 4 is 0 Å². The molecule has 1 aromatic rings. The predicted molar refractivity (Wildman–Crippen MR) is 31.5 cm³/mol. The van der Waals surface area contributed by atoms with Crippen LogP contribution in [0.25, 0.3) is 0 Å². The molecular weight excluding hydrogens is 98.1 g/mol. The Morgan fingerprint density at radius 1 is 0.875 bits per heavy atom. The van der Waals surface area contributed by atoms with Crippen LogP contribution in [0.1, 0.15) is 0 Å². The SMILES string of the molecule is [NH2+]=c1cccccc1.